The van der Waals surface area contributed by atoms with Gasteiger partial charge in [-0.05, 0) is 66.6 Å². The second kappa shape index (κ2) is 5.69. The minimum absolute atomic E-state index is 0.831. The SMILES string of the molecule is Nc1ccc2c(c1)CCN2c1ccc(Oc2ccccc2)cc1. The number of para-hydroxylation sites is 1. The van der Waals surface area contributed by atoms with Crippen LogP contribution in [0.1, 0.15) is 5.56 Å². The number of anilines is 3. The maximum Gasteiger partial charge on any atom is 0.127 e. The molecule has 4 rings (SSSR count). The van der Waals surface area contributed by atoms with Gasteiger partial charge < -0.3 is 15.4 Å². The smallest absolute Gasteiger partial charge is 0.127 e. The minimum Gasteiger partial charge on any atom is -0.457 e. The van der Waals surface area contributed by atoms with Crippen LogP contribution in [0.2, 0.25) is 0 Å². The highest BCUT2D eigenvalue weighted by Crippen LogP contribution is 2.36. The Morgan fingerprint density at radius 2 is 1.57 bits per heavy atom. The third-order valence-corrected chi connectivity index (χ3v) is 4.13. The molecule has 3 heteroatoms. The zero-order chi connectivity index (χ0) is 15.6. The van der Waals surface area contributed by atoms with Gasteiger partial charge in [-0.15, -0.1) is 0 Å². The lowest BCUT2D eigenvalue weighted by molar-refractivity contribution is 0.483. The van der Waals surface area contributed by atoms with Crippen molar-refractivity contribution in [2.45, 2.75) is 6.42 Å². The lowest BCUT2D eigenvalue weighted by atomic mass is 10.1. The highest BCUT2D eigenvalue weighted by Gasteiger charge is 2.20. The fraction of sp³-hybridized carbons (Fsp3) is 0.100. The molecular weight excluding hydrogens is 284 g/mol. The summed E-state index contributed by atoms with van der Waals surface area (Å²) in [6, 6.07) is 24.2. The van der Waals surface area contributed by atoms with Crippen LogP contribution in [-0.4, -0.2) is 6.54 Å². The van der Waals surface area contributed by atoms with E-state index in [0.29, 0.717) is 0 Å². The summed E-state index contributed by atoms with van der Waals surface area (Å²) in [5.74, 6) is 1.69. The van der Waals surface area contributed by atoms with Crippen molar-refractivity contribution in [2.75, 3.05) is 17.2 Å². The van der Waals surface area contributed by atoms with E-state index >= 15 is 0 Å². The van der Waals surface area contributed by atoms with Gasteiger partial charge in [0.15, 0.2) is 0 Å². The van der Waals surface area contributed by atoms with Gasteiger partial charge >= 0.3 is 0 Å². The molecule has 0 fully saturated rings. The monoisotopic (exact) mass is 302 g/mol. The van der Waals surface area contributed by atoms with E-state index in [1.54, 1.807) is 0 Å². The Kier molecular flexibility index (Phi) is 3.39. The molecule has 1 heterocycles. The van der Waals surface area contributed by atoms with Crippen LogP contribution in [0, 0.1) is 0 Å². The predicted molar refractivity (Wildman–Crippen MR) is 94.5 cm³/mol. The van der Waals surface area contributed by atoms with Crippen molar-refractivity contribution in [1.29, 1.82) is 0 Å². The Hall–Kier alpha value is -2.94. The van der Waals surface area contributed by atoms with Crippen LogP contribution in [-0.2, 0) is 6.42 Å². The van der Waals surface area contributed by atoms with Crippen molar-refractivity contribution in [3.63, 3.8) is 0 Å². The molecule has 0 spiro atoms. The quantitative estimate of drug-likeness (QED) is 0.709. The fourth-order valence-corrected chi connectivity index (χ4v) is 3.01. The Bertz CT molecular complexity index is 813. The Morgan fingerprint density at radius 3 is 2.35 bits per heavy atom. The second-order valence-electron chi connectivity index (χ2n) is 5.70. The number of ether oxygens (including phenoxy) is 1. The van der Waals surface area contributed by atoms with Crippen LogP contribution in [0.3, 0.4) is 0 Å². The Labute approximate surface area is 135 Å². The highest BCUT2D eigenvalue weighted by atomic mass is 16.5. The van der Waals surface area contributed by atoms with Crippen LogP contribution < -0.4 is 15.4 Å². The molecule has 0 bridgehead atoms. The molecule has 2 N–H and O–H groups in total. The Balaban J connectivity index is 1.56. The lowest BCUT2D eigenvalue weighted by Gasteiger charge is -2.20. The first-order valence-corrected chi connectivity index (χ1v) is 7.78. The van der Waals surface area contributed by atoms with Gasteiger partial charge in [-0.1, -0.05) is 18.2 Å². The molecule has 3 aromatic carbocycles. The number of nitrogens with zero attached hydrogens (tertiary/aromatic N) is 1. The average Bonchev–Trinajstić information content (AvgIpc) is 2.99. The second-order valence-corrected chi connectivity index (χ2v) is 5.70. The Morgan fingerprint density at radius 1 is 0.826 bits per heavy atom. The summed E-state index contributed by atoms with van der Waals surface area (Å²) in [5.41, 5.74) is 10.4. The standard InChI is InChI=1S/C20H18N2O/c21-16-6-11-20-15(14-16)12-13-22(20)17-7-9-19(10-8-17)23-18-4-2-1-3-5-18/h1-11,14H,12-13,21H2. The molecule has 0 aliphatic carbocycles. The van der Waals surface area contributed by atoms with Crippen molar-refractivity contribution >= 4 is 17.1 Å². The van der Waals surface area contributed by atoms with Crippen molar-refractivity contribution in [3.05, 3.63) is 78.4 Å². The van der Waals surface area contributed by atoms with Gasteiger partial charge in [0.2, 0.25) is 0 Å². The number of nitrogen functional groups attached to an aromatic ring is 1. The van der Waals surface area contributed by atoms with E-state index in [0.717, 1.165) is 30.2 Å². The van der Waals surface area contributed by atoms with Crippen molar-refractivity contribution < 1.29 is 4.74 Å². The fourth-order valence-electron chi connectivity index (χ4n) is 3.01. The van der Waals surface area contributed by atoms with Gasteiger partial charge in [-0.25, -0.2) is 0 Å². The number of nitrogens with two attached hydrogens (primary N) is 1. The number of hydrogen-bond donors (Lipinski definition) is 1. The van der Waals surface area contributed by atoms with Crippen LogP contribution >= 0.6 is 0 Å². The van der Waals surface area contributed by atoms with E-state index in [1.807, 2.05) is 48.5 Å². The highest BCUT2D eigenvalue weighted by molar-refractivity contribution is 5.72. The van der Waals surface area contributed by atoms with Crippen molar-refractivity contribution in [3.8, 4) is 11.5 Å². The van der Waals surface area contributed by atoms with E-state index in [4.69, 9.17) is 10.5 Å². The first kappa shape index (κ1) is 13.7. The lowest BCUT2D eigenvalue weighted by Crippen LogP contribution is -2.12. The zero-order valence-electron chi connectivity index (χ0n) is 12.8. The van der Waals surface area contributed by atoms with Crippen molar-refractivity contribution in [2.24, 2.45) is 0 Å². The van der Waals surface area contributed by atoms with Crippen LogP contribution in [0.25, 0.3) is 0 Å². The number of hydrogen-bond acceptors (Lipinski definition) is 3. The zero-order valence-corrected chi connectivity index (χ0v) is 12.8. The molecule has 3 nitrogen and oxygen atoms in total. The van der Waals surface area contributed by atoms with Gasteiger partial charge in [0.05, 0.1) is 0 Å². The van der Waals surface area contributed by atoms with Gasteiger partial charge in [0.1, 0.15) is 11.5 Å². The number of rotatable bonds is 3. The van der Waals surface area contributed by atoms with Gasteiger partial charge in [0, 0.05) is 23.6 Å². The molecule has 23 heavy (non-hydrogen) atoms. The van der Waals surface area contributed by atoms with Crippen LogP contribution in [0.4, 0.5) is 17.1 Å². The topological polar surface area (TPSA) is 38.5 Å². The summed E-state index contributed by atoms with van der Waals surface area (Å²) in [7, 11) is 0. The number of fused-ring (bicyclic) bond motifs is 1. The molecule has 0 aromatic heterocycles. The minimum atomic E-state index is 0.831. The summed E-state index contributed by atoms with van der Waals surface area (Å²) in [6.07, 6.45) is 1.03. The molecule has 0 atom stereocenters. The average molecular weight is 302 g/mol. The third kappa shape index (κ3) is 2.73. The maximum atomic E-state index is 5.87. The molecule has 114 valence electrons. The molecule has 0 saturated heterocycles. The van der Waals surface area contributed by atoms with E-state index in [9.17, 15) is 0 Å². The molecule has 1 aliphatic rings. The molecule has 1 aliphatic heterocycles. The molecular formula is C20H18N2O. The molecule has 0 amide bonds. The van der Waals surface area contributed by atoms with Gasteiger partial charge in [-0.2, -0.15) is 0 Å². The van der Waals surface area contributed by atoms with Crippen LogP contribution in [0.15, 0.2) is 72.8 Å². The molecule has 0 unspecified atom stereocenters. The molecule has 3 aromatic rings. The van der Waals surface area contributed by atoms with E-state index in [2.05, 4.69) is 29.2 Å². The predicted octanol–water partition coefficient (Wildman–Crippen LogP) is 4.76. The summed E-state index contributed by atoms with van der Waals surface area (Å²) in [6.45, 7) is 0.984. The maximum absolute atomic E-state index is 5.87. The van der Waals surface area contributed by atoms with Gasteiger partial charge in [-0.3, -0.25) is 0 Å². The van der Waals surface area contributed by atoms with E-state index in [1.165, 1.54) is 16.9 Å². The largest absolute Gasteiger partial charge is 0.457 e. The van der Waals surface area contributed by atoms with E-state index < -0.39 is 0 Å². The van der Waals surface area contributed by atoms with Crippen molar-refractivity contribution in [1.82, 2.24) is 0 Å². The molecule has 0 saturated carbocycles. The molecule has 0 radical (unpaired) electrons. The third-order valence-electron chi connectivity index (χ3n) is 4.13. The van der Waals surface area contributed by atoms with Gasteiger partial charge in [0.25, 0.3) is 0 Å². The first-order chi connectivity index (χ1) is 11.3. The normalized spacial score (nSPS) is 13.0. The van der Waals surface area contributed by atoms with Crippen LogP contribution in [0.5, 0.6) is 11.5 Å². The summed E-state index contributed by atoms with van der Waals surface area (Å²) >= 11 is 0. The van der Waals surface area contributed by atoms with E-state index in [-0.39, 0.29) is 0 Å². The first-order valence-electron chi connectivity index (χ1n) is 7.78. The summed E-state index contributed by atoms with van der Waals surface area (Å²) < 4.78 is 5.85. The summed E-state index contributed by atoms with van der Waals surface area (Å²) in [5, 5.41) is 0. The summed E-state index contributed by atoms with van der Waals surface area (Å²) in [4.78, 5) is 2.32. The number of benzene rings is 3.